The standard InChI is InChI=1S/C15H22N4O2/c1-10-12(8-17-14(16)18-10)13(20)19-11-7-15(21-9-11)5-3-2-4-6-15/h8,11H,2-7,9H2,1H3,(H,19,20)(H2,16,17,18)/t11-/m1/s1. The van der Waals surface area contributed by atoms with Crippen molar-refractivity contribution >= 4 is 11.9 Å². The fourth-order valence-corrected chi connectivity index (χ4v) is 3.45. The van der Waals surface area contributed by atoms with Crippen molar-refractivity contribution in [1.82, 2.24) is 15.3 Å². The van der Waals surface area contributed by atoms with E-state index in [9.17, 15) is 4.79 Å². The Bertz CT molecular complexity index is 540. The highest BCUT2D eigenvalue weighted by Crippen LogP contribution is 2.39. The van der Waals surface area contributed by atoms with Crippen LogP contribution >= 0.6 is 0 Å². The molecule has 1 amide bonds. The molecule has 3 rings (SSSR count). The van der Waals surface area contributed by atoms with Crippen LogP contribution in [0.3, 0.4) is 0 Å². The van der Waals surface area contributed by atoms with Crippen LogP contribution < -0.4 is 11.1 Å². The second-order valence-corrected chi connectivity index (χ2v) is 6.16. The molecule has 1 saturated carbocycles. The van der Waals surface area contributed by atoms with Gasteiger partial charge in [0.05, 0.1) is 29.5 Å². The normalized spacial score (nSPS) is 24.1. The Hall–Kier alpha value is -1.69. The molecule has 2 heterocycles. The molecule has 21 heavy (non-hydrogen) atoms. The molecule has 2 aliphatic rings. The Morgan fingerprint density at radius 2 is 2.19 bits per heavy atom. The highest BCUT2D eigenvalue weighted by atomic mass is 16.5. The fourth-order valence-electron chi connectivity index (χ4n) is 3.45. The van der Waals surface area contributed by atoms with E-state index in [-0.39, 0.29) is 23.5 Å². The fraction of sp³-hybridized carbons (Fsp3) is 0.667. The van der Waals surface area contributed by atoms with Crippen molar-refractivity contribution in [3.8, 4) is 0 Å². The van der Waals surface area contributed by atoms with Gasteiger partial charge in [-0.05, 0) is 26.2 Å². The van der Waals surface area contributed by atoms with Crippen LogP contribution in [0.4, 0.5) is 5.95 Å². The van der Waals surface area contributed by atoms with Gasteiger partial charge in [0.15, 0.2) is 0 Å². The van der Waals surface area contributed by atoms with Gasteiger partial charge in [-0.15, -0.1) is 0 Å². The van der Waals surface area contributed by atoms with Gasteiger partial charge in [0.25, 0.3) is 5.91 Å². The summed E-state index contributed by atoms with van der Waals surface area (Å²) in [6.45, 7) is 2.36. The second kappa shape index (κ2) is 5.60. The lowest BCUT2D eigenvalue weighted by molar-refractivity contribution is -0.0246. The lowest BCUT2D eigenvalue weighted by Gasteiger charge is -2.32. The molecular formula is C15H22N4O2. The summed E-state index contributed by atoms with van der Waals surface area (Å²) >= 11 is 0. The highest BCUT2D eigenvalue weighted by molar-refractivity contribution is 5.95. The van der Waals surface area contributed by atoms with Crippen LogP contribution in [0.1, 0.15) is 54.6 Å². The summed E-state index contributed by atoms with van der Waals surface area (Å²) in [6, 6.07) is 0.0764. The molecule has 6 heteroatoms. The Labute approximate surface area is 124 Å². The summed E-state index contributed by atoms with van der Waals surface area (Å²) in [5.41, 5.74) is 6.60. The Morgan fingerprint density at radius 3 is 2.90 bits per heavy atom. The minimum Gasteiger partial charge on any atom is -0.373 e. The number of carbonyl (C=O) groups is 1. The van der Waals surface area contributed by atoms with Crippen molar-refractivity contribution in [2.24, 2.45) is 0 Å². The molecule has 2 fully saturated rings. The maximum atomic E-state index is 12.3. The minimum atomic E-state index is -0.144. The second-order valence-electron chi connectivity index (χ2n) is 6.16. The molecule has 0 aromatic carbocycles. The zero-order valence-corrected chi connectivity index (χ0v) is 12.4. The molecule has 1 aromatic heterocycles. The van der Waals surface area contributed by atoms with Crippen LogP contribution in [0.25, 0.3) is 0 Å². The molecule has 1 aromatic rings. The van der Waals surface area contributed by atoms with Gasteiger partial charge in [0.2, 0.25) is 5.95 Å². The first-order chi connectivity index (χ1) is 10.1. The van der Waals surface area contributed by atoms with Gasteiger partial charge >= 0.3 is 0 Å². The average molecular weight is 290 g/mol. The molecule has 1 saturated heterocycles. The molecule has 6 nitrogen and oxygen atoms in total. The summed E-state index contributed by atoms with van der Waals surface area (Å²) in [5, 5.41) is 3.04. The minimum absolute atomic E-state index is 0.00283. The molecular weight excluding hydrogens is 268 g/mol. The van der Waals surface area contributed by atoms with E-state index in [2.05, 4.69) is 15.3 Å². The highest BCUT2D eigenvalue weighted by Gasteiger charge is 2.41. The molecule has 114 valence electrons. The molecule has 0 unspecified atom stereocenters. The first-order valence-corrected chi connectivity index (χ1v) is 7.62. The van der Waals surface area contributed by atoms with E-state index >= 15 is 0 Å². The number of hydrogen-bond donors (Lipinski definition) is 2. The Balaban J connectivity index is 1.63. The number of nitrogens with one attached hydrogen (secondary N) is 1. The first-order valence-electron chi connectivity index (χ1n) is 7.62. The van der Waals surface area contributed by atoms with Gasteiger partial charge in [0.1, 0.15) is 0 Å². The number of hydrogen-bond acceptors (Lipinski definition) is 5. The number of anilines is 1. The lowest BCUT2D eigenvalue weighted by Crippen LogP contribution is -2.37. The van der Waals surface area contributed by atoms with E-state index in [0.717, 1.165) is 19.3 Å². The molecule has 0 radical (unpaired) electrons. The third-order valence-corrected chi connectivity index (χ3v) is 4.55. The summed E-state index contributed by atoms with van der Waals surface area (Å²) in [5.74, 6) is 0.0448. The van der Waals surface area contributed by atoms with Crippen LogP contribution in [0, 0.1) is 6.92 Å². The van der Waals surface area contributed by atoms with Crippen molar-refractivity contribution in [3.63, 3.8) is 0 Å². The van der Waals surface area contributed by atoms with Crippen LogP contribution in [0.15, 0.2) is 6.20 Å². The van der Waals surface area contributed by atoms with Gasteiger partial charge in [-0.3, -0.25) is 4.79 Å². The monoisotopic (exact) mass is 290 g/mol. The topological polar surface area (TPSA) is 90.1 Å². The maximum absolute atomic E-state index is 12.3. The SMILES string of the molecule is Cc1nc(N)ncc1C(=O)N[C@H]1COC2(CCCCC2)C1. The van der Waals surface area contributed by atoms with E-state index in [0.29, 0.717) is 17.9 Å². The number of aryl methyl sites for hydroxylation is 1. The largest absolute Gasteiger partial charge is 0.373 e. The predicted molar refractivity (Wildman–Crippen MR) is 78.8 cm³/mol. The maximum Gasteiger partial charge on any atom is 0.254 e. The molecule has 1 aliphatic carbocycles. The average Bonchev–Trinajstić information content (AvgIpc) is 2.82. The van der Waals surface area contributed by atoms with Gasteiger partial charge in [0, 0.05) is 6.20 Å². The Morgan fingerprint density at radius 1 is 1.43 bits per heavy atom. The van der Waals surface area contributed by atoms with Crippen molar-refractivity contribution < 1.29 is 9.53 Å². The van der Waals surface area contributed by atoms with Crippen molar-refractivity contribution in [1.29, 1.82) is 0 Å². The summed E-state index contributed by atoms with van der Waals surface area (Å²) in [6.07, 6.45) is 8.38. The van der Waals surface area contributed by atoms with E-state index in [1.165, 1.54) is 25.5 Å². The third-order valence-electron chi connectivity index (χ3n) is 4.55. The van der Waals surface area contributed by atoms with Crippen LogP contribution in [-0.2, 0) is 4.74 Å². The molecule has 1 aliphatic heterocycles. The Kier molecular flexibility index (Phi) is 3.80. The van der Waals surface area contributed by atoms with Gasteiger partial charge in [-0.1, -0.05) is 19.3 Å². The first kappa shape index (κ1) is 14.3. The number of amides is 1. The van der Waals surface area contributed by atoms with E-state index < -0.39 is 0 Å². The zero-order valence-electron chi connectivity index (χ0n) is 12.4. The summed E-state index contributed by atoms with van der Waals surface area (Å²) in [7, 11) is 0. The number of aromatic nitrogens is 2. The van der Waals surface area contributed by atoms with Crippen LogP contribution in [0.2, 0.25) is 0 Å². The van der Waals surface area contributed by atoms with E-state index in [1.807, 2.05) is 0 Å². The number of nitrogen functional groups attached to an aromatic ring is 1. The number of carbonyl (C=O) groups excluding carboxylic acids is 1. The number of ether oxygens (including phenoxy) is 1. The molecule has 3 N–H and O–H groups in total. The molecule has 1 spiro atoms. The van der Waals surface area contributed by atoms with Crippen molar-refractivity contribution in [2.45, 2.75) is 57.1 Å². The third kappa shape index (κ3) is 3.00. The van der Waals surface area contributed by atoms with Crippen molar-refractivity contribution in [3.05, 3.63) is 17.5 Å². The van der Waals surface area contributed by atoms with Gasteiger partial charge in [-0.25, -0.2) is 9.97 Å². The van der Waals surface area contributed by atoms with Crippen LogP contribution in [-0.4, -0.2) is 34.1 Å². The lowest BCUT2D eigenvalue weighted by atomic mass is 9.82. The number of nitrogens with zero attached hydrogens (tertiary/aromatic N) is 2. The number of nitrogens with two attached hydrogens (primary N) is 1. The van der Waals surface area contributed by atoms with E-state index in [4.69, 9.17) is 10.5 Å². The molecule has 0 bridgehead atoms. The van der Waals surface area contributed by atoms with Gasteiger partial charge in [-0.2, -0.15) is 0 Å². The molecule has 1 atom stereocenters. The summed E-state index contributed by atoms with van der Waals surface area (Å²) in [4.78, 5) is 20.2. The van der Waals surface area contributed by atoms with E-state index in [1.54, 1.807) is 6.92 Å². The predicted octanol–water partition coefficient (Wildman–Crippen LogP) is 1.59. The van der Waals surface area contributed by atoms with Crippen LogP contribution in [0.5, 0.6) is 0 Å². The zero-order chi connectivity index (χ0) is 14.9. The smallest absolute Gasteiger partial charge is 0.254 e. The van der Waals surface area contributed by atoms with Crippen molar-refractivity contribution in [2.75, 3.05) is 12.3 Å². The quantitative estimate of drug-likeness (QED) is 0.863. The number of rotatable bonds is 2. The van der Waals surface area contributed by atoms with Gasteiger partial charge < -0.3 is 15.8 Å². The summed E-state index contributed by atoms with van der Waals surface area (Å²) < 4.78 is 6.01.